The van der Waals surface area contributed by atoms with Crippen molar-refractivity contribution in [1.82, 2.24) is 4.90 Å². The molecule has 5 nitrogen and oxygen atoms in total. The molecule has 0 saturated carbocycles. The first-order chi connectivity index (χ1) is 15.6. The molecule has 4 rings (SSSR count). The molecular formula is C26H27FN2O3. The molecule has 6 heteroatoms. The standard InChI is InChI=1S/C26H27FN2O3/c1-31-24-14-13-18(15-25(24)32-2)17-29(26(30)28-21-10-6-9-20(27)16-21)23-12-5-8-19-7-3-4-11-22(19)23/h3-4,6-7,9-11,13-16,23H,5,8,12,17H2,1-2H3,(H,28,30). The average Bonchev–Trinajstić information content (AvgIpc) is 2.82. The summed E-state index contributed by atoms with van der Waals surface area (Å²) in [6.45, 7) is 0.376. The minimum Gasteiger partial charge on any atom is -0.493 e. The maximum atomic E-state index is 13.7. The van der Waals surface area contributed by atoms with Gasteiger partial charge < -0.3 is 19.7 Å². The van der Waals surface area contributed by atoms with Gasteiger partial charge in [-0.15, -0.1) is 0 Å². The number of nitrogens with one attached hydrogen (secondary N) is 1. The van der Waals surface area contributed by atoms with Crippen LogP contribution in [0.5, 0.6) is 11.5 Å². The minimum absolute atomic E-state index is 0.0818. The number of carbonyl (C=O) groups is 1. The normalized spacial score (nSPS) is 14.9. The molecule has 1 unspecified atom stereocenters. The molecule has 1 atom stereocenters. The Hall–Kier alpha value is -3.54. The zero-order valence-corrected chi connectivity index (χ0v) is 18.3. The van der Waals surface area contributed by atoms with Crippen molar-refractivity contribution in [2.75, 3.05) is 19.5 Å². The number of methoxy groups -OCH3 is 2. The second kappa shape index (κ2) is 9.73. The zero-order valence-electron chi connectivity index (χ0n) is 18.3. The first kappa shape index (κ1) is 21.7. The summed E-state index contributed by atoms with van der Waals surface area (Å²) in [6.07, 6.45) is 2.86. The van der Waals surface area contributed by atoms with Gasteiger partial charge in [0, 0.05) is 12.2 Å². The van der Waals surface area contributed by atoms with Crippen LogP contribution in [-0.2, 0) is 13.0 Å². The molecule has 2 amide bonds. The van der Waals surface area contributed by atoms with Crippen molar-refractivity contribution in [3.63, 3.8) is 0 Å². The molecule has 1 aliphatic rings. The zero-order chi connectivity index (χ0) is 22.5. The third-order valence-corrected chi connectivity index (χ3v) is 5.85. The number of amides is 2. The van der Waals surface area contributed by atoms with E-state index in [0.717, 1.165) is 30.4 Å². The number of urea groups is 1. The number of halogens is 1. The molecule has 0 bridgehead atoms. The molecule has 32 heavy (non-hydrogen) atoms. The smallest absolute Gasteiger partial charge is 0.322 e. The van der Waals surface area contributed by atoms with Crippen LogP contribution < -0.4 is 14.8 Å². The van der Waals surface area contributed by atoms with Crippen LogP contribution in [0.25, 0.3) is 0 Å². The van der Waals surface area contributed by atoms with Crippen molar-refractivity contribution in [2.24, 2.45) is 0 Å². The summed E-state index contributed by atoms with van der Waals surface area (Å²) in [6, 6.07) is 19.5. The lowest BCUT2D eigenvalue weighted by atomic mass is 9.86. The van der Waals surface area contributed by atoms with Crippen LogP contribution in [0, 0.1) is 5.82 Å². The van der Waals surface area contributed by atoms with Crippen molar-refractivity contribution in [3.05, 3.63) is 89.2 Å². The Morgan fingerprint density at radius 2 is 1.84 bits per heavy atom. The third kappa shape index (κ3) is 4.69. The van der Waals surface area contributed by atoms with Crippen LogP contribution in [0.2, 0.25) is 0 Å². The SMILES string of the molecule is COc1ccc(CN(C(=O)Nc2cccc(F)c2)C2CCCc3ccccc32)cc1OC. The summed E-state index contributed by atoms with van der Waals surface area (Å²) in [7, 11) is 3.18. The van der Waals surface area contributed by atoms with Gasteiger partial charge in [-0.05, 0) is 66.3 Å². The topological polar surface area (TPSA) is 50.8 Å². The van der Waals surface area contributed by atoms with Crippen LogP contribution >= 0.6 is 0 Å². The predicted octanol–water partition coefficient (Wildman–Crippen LogP) is 5.95. The van der Waals surface area contributed by atoms with Crippen LogP contribution in [0.15, 0.2) is 66.7 Å². The van der Waals surface area contributed by atoms with E-state index < -0.39 is 5.82 Å². The Balaban J connectivity index is 1.68. The van der Waals surface area contributed by atoms with Gasteiger partial charge in [-0.25, -0.2) is 9.18 Å². The summed E-state index contributed by atoms with van der Waals surface area (Å²) in [4.78, 5) is 15.3. The summed E-state index contributed by atoms with van der Waals surface area (Å²) in [5.74, 6) is 0.854. The van der Waals surface area contributed by atoms with Crippen molar-refractivity contribution in [1.29, 1.82) is 0 Å². The number of fused-ring (bicyclic) bond motifs is 1. The van der Waals surface area contributed by atoms with E-state index >= 15 is 0 Å². The van der Waals surface area contributed by atoms with Crippen molar-refractivity contribution in [2.45, 2.75) is 31.8 Å². The Morgan fingerprint density at radius 3 is 2.62 bits per heavy atom. The first-order valence-corrected chi connectivity index (χ1v) is 10.7. The fourth-order valence-corrected chi connectivity index (χ4v) is 4.31. The highest BCUT2D eigenvalue weighted by Gasteiger charge is 2.29. The van der Waals surface area contributed by atoms with Gasteiger partial charge in [-0.3, -0.25) is 0 Å². The predicted molar refractivity (Wildman–Crippen MR) is 123 cm³/mol. The summed E-state index contributed by atoms with van der Waals surface area (Å²) >= 11 is 0. The molecule has 166 valence electrons. The number of anilines is 1. The average molecular weight is 435 g/mol. The van der Waals surface area contributed by atoms with Crippen LogP contribution in [0.1, 0.15) is 35.6 Å². The van der Waals surface area contributed by atoms with Crippen LogP contribution in [0.4, 0.5) is 14.9 Å². The molecule has 0 radical (unpaired) electrons. The number of aryl methyl sites for hydroxylation is 1. The molecule has 1 N–H and O–H groups in total. The number of carbonyl (C=O) groups excluding carboxylic acids is 1. The van der Waals surface area contributed by atoms with E-state index in [4.69, 9.17) is 9.47 Å². The van der Waals surface area contributed by atoms with E-state index in [2.05, 4.69) is 17.4 Å². The molecule has 0 spiro atoms. The van der Waals surface area contributed by atoms with E-state index in [9.17, 15) is 9.18 Å². The third-order valence-electron chi connectivity index (χ3n) is 5.85. The highest BCUT2D eigenvalue weighted by atomic mass is 19.1. The van der Waals surface area contributed by atoms with E-state index in [1.165, 1.54) is 17.7 Å². The van der Waals surface area contributed by atoms with Crippen molar-refractivity contribution >= 4 is 11.7 Å². The molecular weight excluding hydrogens is 407 g/mol. The number of benzene rings is 3. The second-order valence-corrected chi connectivity index (χ2v) is 7.86. The van der Waals surface area contributed by atoms with Crippen molar-refractivity contribution in [3.8, 4) is 11.5 Å². The van der Waals surface area contributed by atoms with Gasteiger partial charge >= 0.3 is 6.03 Å². The maximum Gasteiger partial charge on any atom is 0.322 e. The van der Waals surface area contributed by atoms with Gasteiger partial charge in [0.05, 0.1) is 20.3 Å². The molecule has 0 heterocycles. The van der Waals surface area contributed by atoms with Gasteiger partial charge in [0.25, 0.3) is 0 Å². The van der Waals surface area contributed by atoms with Gasteiger partial charge in [0.15, 0.2) is 11.5 Å². The van der Waals surface area contributed by atoms with Crippen molar-refractivity contribution < 1.29 is 18.7 Å². The Bertz CT molecular complexity index is 1100. The summed E-state index contributed by atoms with van der Waals surface area (Å²) in [5.41, 5.74) is 3.77. The number of hydrogen-bond acceptors (Lipinski definition) is 3. The van der Waals surface area contributed by atoms with E-state index in [1.807, 2.05) is 35.2 Å². The number of ether oxygens (including phenoxy) is 2. The molecule has 0 fully saturated rings. The van der Waals surface area contributed by atoms with Gasteiger partial charge in [-0.1, -0.05) is 36.4 Å². The first-order valence-electron chi connectivity index (χ1n) is 10.7. The van der Waals surface area contributed by atoms with Gasteiger partial charge in [-0.2, -0.15) is 0 Å². The lowest BCUT2D eigenvalue weighted by Crippen LogP contribution is -2.39. The summed E-state index contributed by atoms with van der Waals surface area (Å²) < 4.78 is 24.5. The highest BCUT2D eigenvalue weighted by Crippen LogP contribution is 2.36. The summed E-state index contributed by atoms with van der Waals surface area (Å²) in [5, 5.41) is 2.87. The Morgan fingerprint density at radius 1 is 1.03 bits per heavy atom. The second-order valence-electron chi connectivity index (χ2n) is 7.86. The Labute approximate surface area is 187 Å². The maximum absolute atomic E-state index is 13.7. The van der Waals surface area contributed by atoms with Gasteiger partial charge in [0.2, 0.25) is 0 Å². The molecule has 3 aromatic carbocycles. The quantitative estimate of drug-likeness (QED) is 0.521. The van der Waals surface area contributed by atoms with Crippen LogP contribution in [-0.4, -0.2) is 25.2 Å². The largest absolute Gasteiger partial charge is 0.493 e. The minimum atomic E-state index is -0.391. The van der Waals surface area contributed by atoms with Crippen LogP contribution in [0.3, 0.4) is 0 Å². The molecule has 1 aliphatic carbocycles. The highest BCUT2D eigenvalue weighted by molar-refractivity contribution is 5.89. The fourth-order valence-electron chi connectivity index (χ4n) is 4.31. The number of rotatable bonds is 6. The van der Waals surface area contributed by atoms with E-state index in [0.29, 0.717) is 23.7 Å². The molecule has 0 saturated heterocycles. The number of hydrogen-bond donors (Lipinski definition) is 1. The Kier molecular flexibility index (Phi) is 6.59. The molecule has 0 aromatic heterocycles. The fraction of sp³-hybridized carbons (Fsp3) is 0.269. The van der Waals surface area contributed by atoms with Gasteiger partial charge in [0.1, 0.15) is 5.82 Å². The molecule has 0 aliphatic heterocycles. The lowest BCUT2D eigenvalue weighted by molar-refractivity contribution is 0.175. The van der Waals surface area contributed by atoms with E-state index in [-0.39, 0.29) is 12.1 Å². The lowest BCUT2D eigenvalue weighted by Gasteiger charge is -2.36. The van der Waals surface area contributed by atoms with E-state index in [1.54, 1.807) is 26.4 Å². The number of nitrogens with zero attached hydrogens (tertiary/aromatic N) is 1. The molecule has 3 aromatic rings. The monoisotopic (exact) mass is 434 g/mol.